The van der Waals surface area contributed by atoms with E-state index in [2.05, 4.69) is 34.5 Å². The van der Waals surface area contributed by atoms with Gasteiger partial charge in [-0.15, -0.1) is 0 Å². The van der Waals surface area contributed by atoms with Gasteiger partial charge in [0.2, 0.25) is 0 Å². The average Bonchev–Trinajstić information content (AvgIpc) is 2.80. The third kappa shape index (κ3) is 5.87. The van der Waals surface area contributed by atoms with Crippen molar-refractivity contribution in [3.8, 4) is 17.2 Å². The highest BCUT2D eigenvalue weighted by Crippen LogP contribution is 2.19. The van der Waals surface area contributed by atoms with Crippen molar-refractivity contribution >= 4 is 23.0 Å². The van der Waals surface area contributed by atoms with E-state index < -0.39 is 0 Å². The Kier molecular flexibility index (Phi) is 7.51. The zero-order chi connectivity index (χ0) is 21.3. The first-order chi connectivity index (χ1) is 14.6. The Labute approximate surface area is 183 Å². The molecule has 0 atom stereocenters. The van der Waals surface area contributed by atoms with E-state index in [4.69, 9.17) is 26.4 Å². The Morgan fingerprint density at radius 1 is 0.667 bits per heavy atom. The first kappa shape index (κ1) is 21.5. The van der Waals surface area contributed by atoms with Gasteiger partial charge in [0.25, 0.3) is 0 Å². The topological polar surface area (TPSA) is 43.0 Å². The van der Waals surface area contributed by atoms with Crippen molar-refractivity contribution in [1.29, 1.82) is 0 Å². The van der Waals surface area contributed by atoms with Crippen molar-refractivity contribution in [1.82, 2.24) is 4.90 Å². The number of benzene rings is 3. The van der Waals surface area contributed by atoms with Crippen LogP contribution in [0.15, 0.2) is 72.8 Å². The second-order valence-electron chi connectivity index (χ2n) is 6.71. The summed E-state index contributed by atoms with van der Waals surface area (Å²) in [7, 11) is 4.98. The number of hydrogen-bond acceptors (Lipinski definition) is 4. The third-order valence-corrected chi connectivity index (χ3v) is 5.05. The van der Waals surface area contributed by atoms with E-state index in [-0.39, 0.29) is 0 Å². The number of ether oxygens (including phenoxy) is 3. The van der Waals surface area contributed by atoms with Gasteiger partial charge in [-0.1, -0.05) is 24.3 Å². The molecule has 0 fully saturated rings. The second kappa shape index (κ2) is 10.5. The maximum Gasteiger partial charge on any atom is 0.174 e. The van der Waals surface area contributed by atoms with Crippen molar-refractivity contribution in [2.24, 2.45) is 0 Å². The molecule has 1 N–H and O–H groups in total. The molecule has 156 valence electrons. The van der Waals surface area contributed by atoms with Gasteiger partial charge in [0.15, 0.2) is 5.11 Å². The van der Waals surface area contributed by atoms with Gasteiger partial charge in [-0.05, 0) is 71.9 Å². The molecule has 0 spiro atoms. The van der Waals surface area contributed by atoms with Crippen LogP contribution in [0.2, 0.25) is 0 Å². The molecule has 0 saturated carbocycles. The number of nitrogens with zero attached hydrogens (tertiary/aromatic N) is 1. The number of rotatable bonds is 8. The SMILES string of the molecule is COc1ccc(CN(Cc2ccc(OC)cc2)C(=S)Nc2ccc(OC)cc2)cc1. The predicted octanol–water partition coefficient (Wildman–Crippen LogP) is 5.11. The molecule has 0 aliphatic rings. The lowest BCUT2D eigenvalue weighted by atomic mass is 10.1. The van der Waals surface area contributed by atoms with Crippen LogP contribution in [0, 0.1) is 0 Å². The molecule has 30 heavy (non-hydrogen) atoms. The lowest BCUT2D eigenvalue weighted by molar-refractivity contribution is 0.404. The molecule has 0 saturated heterocycles. The fourth-order valence-corrected chi connectivity index (χ4v) is 3.23. The second-order valence-corrected chi connectivity index (χ2v) is 7.10. The number of methoxy groups -OCH3 is 3. The van der Waals surface area contributed by atoms with E-state index in [0.29, 0.717) is 18.2 Å². The van der Waals surface area contributed by atoms with E-state index in [1.165, 1.54) is 0 Å². The molecule has 5 nitrogen and oxygen atoms in total. The van der Waals surface area contributed by atoms with Crippen LogP contribution < -0.4 is 19.5 Å². The molecule has 0 amide bonds. The van der Waals surface area contributed by atoms with Crippen LogP contribution in [-0.2, 0) is 13.1 Å². The lowest BCUT2D eigenvalue weighted by Gasteiger charge is -2.26. The van der Waals surface area contributed by atoms with E-state index in [1.54, 1.807) is 21.3 Å². The molecule has 3 aromatic rings. The molecule has 0 radical (unpaired) electrons. The van der Waals surface area contributed by atoms with Crippen LogP contribution in [0.25, 0.3) is 0 Å². The predicted molar refractivity (Wildman–Crippen MR) is 124 cm³/mol. The number of hydrogen-bond donors (Lipinski definition) is 1. The lowest BCUT2D eigenvalue weighted by Crippen LogP contribution is -2.33. The summed E-state index contributed by atoms with van der Waals surface area (Å²) >= 11 is 5.75. The number of nitrogens with one attached hydrogen (secondary N) is 1. The highest BCUT2D eigenvalue weighted by atomic mass is 32.1. The fourth-order valence-electron chi connectivity index (χ4n) is 2.98. The summed E-state index contributed by atoms with van der Waals surface area (Å²) in [6, 6.07) is 23.7. The normalized spacial score (nSPS) is 10.2. The molecule has 0 unspecified atom stereocenters. The minimum Gasteiger partial charge on any atom is -0.497 e. The average molecular weight is 423 g/mol. The van der Waals surface area contributed by atoms with Gasteiger partial charge >= 0.3 is 0 Å². The van der Waals surface area contributed by atoms with Gasteiger partial charge < -0.3 is 24.4 Å². The molecular weight excluding hydrogens is 396 g/mol. The highest BCUT2D eigenvalue weighted by Gasteiger charge is 2.12. The monoisotopic (exact) mass is 422 g/mol. The minimum atomic E-state index is 0.645. The fraction of sp³-hybridized carbons (Fsp3) is 0.208. The van der Waals surface area contributed by atoms with Crippen molar-refractivity contribution in [3.05, 3.63) is 83.9 Å². The van der Waals surface area contributed by atoms with E-state index in [1.807, 2.05) is 48.5 Å². The molecule has 0 aromatic heterocycles. The van der Waals surface area contributed by atoms with Crippen LogP contribution in [0.4, 0.5) is 5.69 Å². The standard InChI is InChI=1S/C24H26N2O3S/c1-27-21-10-4-18(5-11-21)16-26(17-19-6-12-22(28-2)13-7-19)24(30)25-20-8-14-23(29-3)15-9-20/h4-15H,16-17H2,1-3H3,(H,25,30). The van der Waals surface area contributed by atoms with Gasteiger partial charge in [-0.3, -0.25) is 0 Å². The summed E-state index contributed by atoms with van der Waals surface area (Å²) in [5.41, 5.74) is 3.20. The molecule has 0 aliphatic carbocycles. The maximum atomic E-state index is 5.75. The summed E-state index contributed by atoms with van der Waals surface area (Å²) in [6.45, 7) is 1.33. The molecular formula is C24H26N2O3S. The quantitative estimate of drug-likeness (QED) is 0.509. The van der Waals surface area contributed by atoms with Gasteiger partial charge in [-0.2, -0.15) is 0 Å². The smallest absolute Gasteiger partial charge is 0.174 e. The maximum absolute atomic E-state index is 5.75. The summed E-state index contributed by atoms with van der Waals surface area (Å²) < 4.78 is 15.8. The zero-order valence-corrected chi connectivity index (χ0v) is 18.2. The Balaban J connectivity index is 1.77. The van der Waals surface area contributed by atoms with Crippen LogP contribution in [-0.4, -0.2) is 31.3 Å². The Hall–Kier alpha value is -3.25. The highest BCUT2D eigenvalue weighted by molar-refractivity contribution is 7.80. The van der Waals surface area contributed by atoms with Gasteiger partial charge in [0, 0.05) is 18.8 Å². The van der Waals surface area contributed by atoms with E-state index >= 15 is 0 Å². The van der Waals surface area contributed by atoms with Crippen LogP contribution in [0.5, 0.6) is 17.2 Å². The van der Waals surface area contributed by atoms with Crippen molar-refractivity contribution in [2.75, 3.05) is 26.6 Å². The minimum absolute atomic E-state index is 0.645. The van der Waals surface area contributed by atoms with Crippen molar-refractivity contribution < 1.29 is 14.2 Å². The van der Waals surface area contributed by atoms with Crippen LogP contribution >= 0.6 is 12.2 Å². The molecule has 6 heteroatoms. The van der Waals surface area contributed by atoms with E-state index in [0.717, 1.165) is 34.1 Å². The first-order valence-corrected chi connectivity index (χ1v) is 9.98. The first-order valence-electron chi connectivity index (χ1n) is 9.57. The summed E-state index contributed by atoms with van der Waals surface area (Å²) in [5, 5.41) is 3.98. The van der Waals surface area contributed by atoms with Gasteiger partial charge in [0.05, 0.1) is 21.3 Å². The molecule has 0 bridgehead atoms. The number of thiocarbonyl (C=S) groups is 1. The molecule has 0 aliphatic heterocycles. The van der Waals surface area contributed by atoms with E-state index in [9.17, 15) is 0 Å². The Morgan fingerprint density at radius 2 is 1.03 bits per heavy atom. The summed E-state index contributed by atoms with van der Waals surface area (Å²) in [6.07, 6.45) is 0. The largest absolute Gasteiger partial charge is 0.497 e. The molecule has 3 aromatic carbocycles. The number of anilines is 1. The Bertz CT molecular complexity index is 892. The van der Waals surface area contributed by atoms with Gasteiger partial charge in [0.1, 0.15) is 17.2 Å². The Morgan fingerprint density at radius 3 is 1.40 bits per heavy atom. The van der Waals surface area contributed by atoms with Crippen LogP contribution in [0.1, 0.15) is 11.1 Å². The molecule has 3 rings (SSSR count). The zero-order valence-electron chi connectivity index (χ0n) is 17.4. The summed E-state index contributed by atoms with van der Waals surface area (Å²) in [4.78, 5) is 2.13. The third-order valence-electron chi connectivity index (χ3n) is 4.69. The van der Waals surface area contributed by atoms with Gasteiger partial charge in [-0.25, -0.2) is 0 Å². The molecule has 0 heterocycles. The van der Waals surface area contributed by atoms with Crippen molar-refractivity contribution in [3.63, 3.8) is 0 Å². The van der Waals surface area contributed by atoms with Crippen molar-refractivity contribution in [2.45, 2.75) is 13.1 Å². The van der Waals surface area contributed by atoms with Crippen LogP contribution in [0.3, 0.4) is 0 Å². The summed E-state index contributed by atoms with van der Waals surface area (Å²) in [5.74, 6) is 2.47.